The van der Waals surface area contributed by atoms with E-state index in [4.69, 9.17) is 4.74 Å². The Kier molecular flexibility index (Phi) is 4.84. The first-order valence-corrected chi connectivity index (χ1v) is 8.18. The zero-order chi connectivity index (χ0) is 20.5. The average molecular weight is 391 g/mol. The normalized spacial score (nSPS) is 20.0. The zero-order valence-electron chi connectivity index (χ0n) is 14.9. The minimum atomic E-state index is -4.59. The predicted molar refractivity (Wildman–Crippen MR) is 94.8 cm³/mol. The third kappa shape index (κ3) is 3.42. The van der Waals surface area contributed by atoms with E-state index in [1.54, 1.807) is 24.3 Å². The molecule has 6 nitrogen and oxygen atoms in total. The predicted octanol–water partition coefficient (Wildman–Crippen LogP) is 3.52. The molecule has 1 atom stereocenters. The molecule has 1 N–H and O–H groups in total. The number of imide groups is 1. The number of benzene rings is 2. The van der Waals surface area contributed by atoms with Crippen LogP contribution in [-0.2, 0) is 16.5 Å². The molecule has 9 heteroatoms. The van der Waals surface area contributed by atoms with Gasteiger partial charge in [0.15, 0.2) is 0 Å². The lowest BCUT2D eigenvalue weighted by Crippen LogP contribution is -2.40. The number of nitrogens with one attached hydrogen (secondary N) is 1. The van der Waals surface area contributed by atoms with Crippen molar-refractivity contribution in [2.75, 3.05) is 7.11 Å². The van der Waals surface area contributed by atoms with Crippen molar-refractivity contribution in [2.45, 2.75) is 18.6 Å². The topological polar surface area (TPSA) is 71.0 Å². The Morgan fingerprint density at radius 2 is 1.75 bits per heavy atom. The van der Waals surface area contributed by atoms with Crippen molar-refractivity contribution in [2.24, 2.45) is 5.10 Å². The summed E-state index contributed by atoms with van der Waals surface area (Å²) in [4.78, 5) is 25.0. The zero-order valence-corrected chi connectivity index (χ0v) is 14.9. The minimum absolute atomic E-state index is 0.256. The van der Waals surface area contributed by atoms with Crippen LogP contribution in [0.5, 0.6) is 5.75 Å². The highest BCUT2D eigenvalue weighted by atomic mass is 19.4. The molecule has 3 rings (SSSR count). The van der Waals surface area contributed by atoms with Gasteiger partial charge < -0.3 is 10.1 Å². The van der Waals surface area contributed by atoms with Crippen molar-refractivity contribution >= 4 is 18.2 Å². The molecule has 3 amide bonds. The van der Waals surface area contributed by atoms with Gasteiger partial charge in [-0.2, -0.15) is 18.3 Å². The number of halogens is 3. The molecule has 2 aromatic rings. The van der Waals surface area contributed by atoms with Gasteiger partial charge in [-0.05, 0) is 30.7 Å². The Morgan fingerprint density at radius 3 is 2.36 bits per heavy atom. The number of hydrogen-bond acceptors (Lipinski definition) is 4. The van der Waals surface area contributed by atoms with E-state index in [2.05, 4.69) is 10.4 Å². The number of carbonyl (C=O) groups excluding carboxylic acids is 2. The quantitative estimate of drug-likeness (QED) is 0.641. The number of ether oxygens (including phenoxy) is 1. The summed E-state index contributed by atoms with van der Waals surface area (Å²) >= 11 is 0. The van der Waals surface area contributed by atoms with Gasteiger partial charge in [-0.1, -0.05) is 30.3 Å². The summed E-state index contributed by atoms with van der Waals surface area (Å²) in [6, 6.07) is 10.4. The fraction of sp³-hybridized carbons (Fsp3) is 0.211. The molecule has 0 saturated carbocycles. The number of nitrogens with zero attached hydrogens (tertiary/aromatic N) is 2. The van der Waals surface area contributed by atoms with Crippen LogP contribution in [-0.4, -0.2) is 30.3 Å². The molecule has 1 saturated heterocycles. The number of urea groups is 1. The maximum atomic E-state index is 13.1. The van der Waals surface area contributed by atoms with Crippen molar-refractivity contribution in [3.05, 3.63) is 65.2 Å². The van der Waals surface area contributed by atoms with Crippen LogP contribution < -0.4 is 10.1 Å². The van der Waals surface area contributed by atoms with Crippen molar-refractivity contribution in [3.63, 3.8) is 0 Å². The second-order valence-electron chi connectivity index (χ2n) is 6.23. The highest BCUT2D eigenvalue weighted by molar-refractivity contribution is 6.07. The van der Waals surface area contributed by atoms with E-state index >= 15 is 0 Å². The van der Waals surface area contributed by atoms with Crippen LogP contribution in [0.15, 0.2) is 53.6 Å². The van der Waals surface area contributed by atoms with E-state index in [0.717, 1.165) is 12.3 Å². The molecule has 1 aliphatic rings. The molecular formula is C19H16F3N3O3. The minimum Gasteiger partial charge on any atom is -0.497 e. The summed E-state index contributed by atoms with van der Waals surface area (Å²) in [5.41, 5.74) is -2.08. The number of carbonyl (C=O) groups is 2. The van der Waals surface area contributed by atoms with Crippen LogP contribution in [0, 0.1) is 0 Å². The summed E-state index contributed by atoms with van der Waals surface area (Å²) in [7, 11) is 1.49. The van der Waals surface area contributed by atoms with E-state index in [-0.39, 0.29) is 5.56 Å². The summed E-state index contributed by atoms with van der Waals surface area (Å²) in [6.07, 6.45) is -3.74. The number of hydrazone groups is 1. The number of amides is 3. The molecule has 0 spiro atoms. The van der Waals surface area contributed by atoms with E-state index in [0.29, 0.717) is 16.3 Å². The molecule has 146 valence electrons. The Bertz CT molecular complexity index is 941. The first-order valence-electron chi connectivity index (χ1n) is 8.18. The Morgan fingerprint density at radius 1 is 1.11 bits per heavy atom. The molecule has 1 fully saturated rings. The van der Waals surface area contributed by atoms with Gasteiger partial charge in [0, 0.05) is 5.56 Å². The van der Waals surface area contributed by atoms with Crippen molar-refractivity contribution in [1.29, 1.82) is 0 Å². The SMILES string of the molecule is COc1ccc([C@@]2(C)NC(=O)N(/N=C\c3ccccc3C(F)(F)F)C2=O)cc1. The van der Waals surface area contributed by atoms with E-state index in [1.807, 2.05) is 0 Å². The van der Waals surface area contributed by atoms with Crippen LogP contribution in [0.1, 0.15) is 23.6 Å². The van der Waals surface area contributed by atoms with Crippen molar-refractivity contribution in [3.8, 4) is 5.75 Å². The van der Waals surface area contributed by atoms with Gasteiger partial charge >= 0.3 is 12.2 Å². The molecule has 0 bridgehead atoms. The monoisotopic (exact) mass is 391 g/mol. The highest BCUT2D eigenvalue weighted by Crippen LogP contribution is 2.32. The van der Waals surface area contributed by atoms with Gasteiger partial charge in [0.2, 0.25) is 0 Å². The van der Waals surface area contributed by atoms with Crippen LogP contribution in [0.4, 0.5) is 18.0 Å². The summed E-state index contributed by atoms with van der Waals surface area (Å²) in [5.74, 6) is -0.133. The van der Waals surface area contributed by atoms with Gasteiger partial charge in [0.1, 0.15) is 11.3 Å². The summed E-state index contributed by atoms with van der Waals surface area (Å²) in [6.45, 7) is 1.49. The van der Waals surface area contributed by atoms with Crippen LogP contribution in [0.2, 0.25) is 0 Å². The Hall–Kier alpha value is -3.36. The van der Waals surface area contributed by atoms with E-state index < -0.39 is 29.2 Å². The summed E-state index contributed by atoms with van der Waals surface area (Å²) in [5, 5.41) is 6.76. The Balaban J connectivity index is 1.90. The molecule has 28 heavy (non-hydrogen) atoms. The van der Waals surface area contributed by atoms with Crippen molar-refractivity contribution in [1.82, 2.24) is 10.3 Å². The second kappa shape index (κ2) is 6.99. The van der Waals surface area contributed by atoms with Crippen LogP contribution >= 0.6 is 0 Å². The molecule has 0 aliphatic carbocycles. The molecule has 1 aliphatic heterocycles. The molecular weight excluding hydrogens is 375 g/mol. The van der Waals surface area contributed by atoms with E-state index in [9.17, 15) is 22.8 Å². The highest BCUT2D eigenvalue weighted by Gasteiger charge is 2.49. The van der Waals surface area contributed by atoms with Gasteiger partial charge in [-0.15, -0.1) is 5.01 Å². The molecule has 1 heterocycles. The second-order valence-corrected chi connectivity index (χ2v) is 6.23. The Labute approximate surface area is 158 Å². The van der Waals surface area contributed by atoms with Crippen LogP contribution in [0.3, 0.4) is 0 Å². The van der Waals surface area contributed by atoms with Gasteiger partial charge in [0.05, 0.1) is 18.9 Å². The third-order valence-corrected chi connectivity index (χ3v) is 4.42. The lowest BCUT2D eigenvalue weighted by atomic mass is 9.92. The fourth-order valence-corrected chi connectivity index (χ4v) is 2.84. The number of methoxy groups -OCH3 is 1. The molecule has 0 aromatic heterocycles. The maximum Gasteiger partial charge on any atom is 0.417 e. The fourth-order valence-electron chi connectivity index (χ4n) is 2.84. The van der Waals surface area contributed by atoms with Gasteiger partial charge in [-0.3, -0.25) is 4.79 Å². The standard InChI is InChI=1S/C19H16F3N3O3/c1-18(13-7-9-14(28-2)10-8-13)16(26)25(17(27)24-18)23-11-12-5-3-4-6-15(12)19(20,21)22/h3-11H,1-2H3,(H,24,27)/b23-11-/t18-/m1/s1. The molecule has 2 aromatic carbocycles. The first-order chi connectivity index (χ1) is 13.2. The summed E-state index contributed by atoms with van der Waals surface area (Å²) < 4.78 is 44.3. The van der Waals surface area contributed by atoms with Gasteiger partial charge in [-0.25, -0.2) is 4.79 Å². The van der Waals surface area contributed by atoms with Crippen LogP contribution in [0.25, 0.3) is 0 Å². The lowest BCUT2D eigenvalue weighted by molar-refractivity contribution is -0.137. The lowest BCUT2D eigenvalue weighted by Gasteiger charge is -2.21. The maximum absolute atomic E-state index is 13.1. The molecule has 0 radical (unpaired) electrons. The third-order valence-electron chi connectivity index (χ3n) is 4.42. The smallest absolute Gasteiger partial charge is 0.417 e. The first kappa shape index (κ1) is 19.4. The average Bonchev–Trinajstić information content (AvgIpc) is 2.89. The number of hydrogen-bond donors (Lipinski definition) is 1. The number of alkyl halides is 3. The largest absolute Gasteiger partial charge is 0.497 e. The molecule has 0 unspecified atom stereocenters. The van der Waals surface area contributed by atoms with Crippen molar-refractivity contribution < 1.29 is 27.5 Å². The van der Waals surface area contributed by atoms with Gasteiger partial charge in [0.25, 0.3) is 5.91 Å². The van der Waals surface area contributed by atoms with E-state index in [1.165, 1.54) is 32.2 Å². The number of rotatable bonds is 4.